The lowest BCUT2D eigenvalue weighted by atomic mass is 10.1. The van der Waals surface area contributed by atoms with Crippen molar-refractivity contribution in [2.75, 3.05) is 31.3 Å². The molecule has 4 N–H and O–H groups in total. The van der Waals surface area contributed by atoms with Gasteiger partial charge in [-0.05, 0) is 50.5 Å². The summed E-state index contributed by atoms with van der Waals surface area (Å²) in [5, 5.41) is 20.2. The molecule has 0 bridgehead atoms. The van der Waals surface area contributed by atoms with Crippen molar-refractivity contribution >= 4 is 45.6 Å². The molecule has 176 valence electrons. The number of nitrogens with zero attached hydrogens (tertiary/aromatic N) is 4. The summed E-state index contributed by atoms with van der Waals surface area (Å²) in [6.45, 7) is 2.45. The minimum absolute atomic E-state index is 0. The minimum atomic E-state index is -3.01. The van der Waals surface area contributed by atoms with Crippen molar-refractivity contribution in [3.8, 4) is 11.8 Å². The normalized spacial score (nSPS) is 12.5. The van der Waals surface area contributed by atoms with Crippen LogP contribution < -0.4 is 16.4 Å². The number of hydrogen-bond donors (Lipinski definition) is 3. The van der Waals surface area contributed by atoms with Gasteiger partial charge < -0.3 is 16.4 Å². The van der Waals surface area contributed by atoms with Crippen LogP contribution in [-0.2, 0) is 16.3 Å². The lowest BCUT2D eigenvalue weighted by Crippen LogP contribution is -2.43. The molecule has 1 aromatic carbocycles. The zero-order valence-corrected chi connectivity index (χ0v) is 21.4. The highest BCUT2D eigenvalue weighted by Crippen LogP contribution is 2.21. The summed E-state index contributed by atoms with van der Waals surface area (Å²) in [6.07, 6.45) is 2.86. The van der Waals surface area contributed by atoms with Crippen molar-refractivity contribution < 1.29 is 12.8 Å². The largest absolute Gasteiger partial charge is 0.382 e. The number of halogens is 2. The van der Waals surface area contributed by atoms with Gasteiger partial charge in [0.25, 0.3) is 0 Å². The Morgan fingerprint density at radius 2 is 2.03 bits per heavy atom. The lowest BCUT2D eigenvalue weighted by Gasteiger charge is -2.17. The molecular formula is C20H29FIN7O2S. The second-order valence-corrected chi connectivity index (χ2v) is 9.53. The Bertz CT molecular complexity index is 1060. The van der Waals surface area contributed by atoms with Gasteiger partial charge in [0.05, 0.1) is 17.1 Å². The number of aliphatic imine (C=N–C) groups is 1. The van der Waals surface area contributed by atoms with E-state index in [1.807, 2.05) is 6.92 Å². The zero-order valence-electron chi connectivity index (χ0n) is 18.3. The van der Waals surface area contributed by atoms with Crippen LogP contribution in [0.25, 0.3) is 5.69 Å². The van der Waals surface area contributed by atoms with E-state index >= 15 is 0 Å². The maximum absolute atomic E-state index is 13.2. The van der Waals surface area contributed by atoms with Gasteiger partial charge in [0.15, 0.2) is 5.96 Å². The van der Waals surface area contributed by atoms with Crippen molar-refractivity contribution in [2.24, 2.45) is 4.99 Å². The minimum Gasteiger partial charge on any atom is -0.382 e. The SMILES string of the molecule is CN=C(NCCCc1nn(-c2ccc(F)cc2)c(N)c1C#N)NC(C)CCS(C)(=O)=O.I. The standard InChI is InChI=1S/C20H28FN7O2S.HI/c1-14(10-12-31(3,29)30)26-20(24-2)25-11-4-5-18-17(13-22)19(23)28(27-18)16-8-6-15(21)7-9-16;/h6-9,14H,4-5,10-12,23H2,1-3H3,(H2,24,25,26);1H. The fourth-order valence-corrected chi connectivity index (χ4v) is 3.69. The molecule has 0 fully saturated rings. The second kappa shape index (κ2) is 12.6. The maximum Gasteiger partial charge on any atom is 0.191 e. The number of anilines is 1. The number of nitrogens with one attached hydrogen (secondary N) is 2. The Morgan fingerprint density at radius 3 is 2.59 bits per heavy atom. The predicted molar refractivity (Wildman–Crippen MR) is 135 cm³/mol. The second-order valence-electron chi connectivity index (χ2n) is 7.27. The molecule has 12 heteroatoms. The number of hydrogen-bond acceptors (Lipinski definition) is 6. The summed E-state index contributed by atoms with van der Waals surface area (Å²) in [5.41, 5.74) is 7.52. The summed E-state index contributed by atoms with van der Waals surface area (Å²) in [5.74, 6) is 0.522. The Morgan fingerprint density at radius 1 is 1.38 bits per heavy atom. The van der Waals surface area contributed by atoms with E-state index < -0.39 is 9.84 Å². The third-order valence-electron chi connectivity index (χ3n) is 4.59. The number of benzene rings is 1. The van der Waals surface area contributed by atoms with Crippen LogP contribution in [-0.4, -0.2) is 55.8 Å². The summed E-state index contributed by atoms with van der Waals surface area (Å²) in [7, 11) is -1.37. The van der Waals surface area contributed by atoms with E-state index in [-0.39, 0.29) is 47.4 Å². The van der Waals surface area contributed by atoms with Crippen molar-refractivity contribution in [3.05, 3.63) is 41.3 Å². The predicted octanol–water partition coefficient (Wildman–Crippen LogP) is 2.00. The lowest BCUT2D eigenvalue weighted by molar-refractivity contribution is 0.580. The molecule has 1 aromatic heterocycles. The number of guanidine groups is 1. The molecule has 0 saturated heterocycles. The van der Waals surface area contributed by atoms with Gasteiger partial charge in [-0.2, -0.15) is 10.4 Å². The molecule has 2 aromatic rings. The van der Waals surface area contributed by atoms with E-state index in [0.29, 0.717) is 48.7 Å². The molecule has 0 aliphatic carbocycles. The summed E-state index contributed by atoms with van der Waals surface area (Å²) >= 11 is 0. The average molecular weight is 577 g/mol. The summed E-state index contributed by atoms with van der Waals surface area (Å²) in [6, 6.07) is 7.74. The van der Waals surface area contributed by atoms with Crippen LogP contribution in [0.5, 0.6) is 0 Å². The molecule has 0 spiro atoms. The van der Waals surface area contributed by atoms with Gasteiger partial charge in [0, 0.05) is 25.9 Å². The van der Waals surface area contributed by atoms with E-state index in [4.69, 9.17) is 5.73 Å². The van der Waals surface area contributed by atoms with Gasteiger partial charge in [-0.3, -0.25) is 4.99 Å². The van der Waals surface area contributed by atoms with E-state index in [1.165, 1.54) is 23.1 Å². The number of rotatable bonds is 9. The highest BCUT2D eigenvalue weighted by molar-refractivity contribution is 14.0. The molecule has 0 radical (unpaired) electrons. The van der Waals surface area contributed by atoms with Crippen LogP contribution in [0.15, 0.2) is 29.3 Å². The fraction of sp³-hybridized carbons (Fsp3) is 0.450. The number of sulfone groups is 1. The smallest absolute Gasteiger partial charge is 0.191 e. The molecule has 1 unspecified atom stereocenters. The van der Waals surface area contributed by atoms with Crippen LogP contribution in [0.1, 0.15) is 31.0 Å². The first kappa shape index (κ1) is 27.6. The van der Waals surface area contributed by atoms with Gasteiger partial charge in [-0.1, -0.05) is 0 Å². The van der Waals surface area contributed by atoms with Gasteiger partial charge >= 0.3 is 0 Å². The number of nitriles is 1. The molecule has 9 nitrogen and oxygen atoms in total. The number of nitrogen functional groups attached to an aromatic ring is 1. The highest BCUT2D eigenvalue weighted by Gasteiger charge is 2.16. The van der Waals surface area contributed by atoms with Crippen molar-refractivity contribution in [1.82, 2.24) is 20.4 Å². The van der Waals surface area contributed by atoms with Crippen LogP contribution in [0.2, 0.25) is 0 Å². The summed E-state index contributed by atoms with van der Waals surface area (Å²) < 4.78 is 37.2. The van der Waals surface area contributed by atoms with E-state index in [0.717, 1.165) is 0 Å². The third-order valence-corrected chi connectivity index (χ3v) is 5.57. The topological polar surface area (TPSA) is 138 Å². The van der Waals surface area contributed by atoms with Gasteiger partial charge in [-0.25, -0.2) is 17.5 Å². The third kappa shape index (κ3) is 8.27. The highest BCUT2D eigenvalue weighted by atomic mass is 127. The number of aryl methyl sites for hydroxylation is 1. The molecule has 1 atom stereocenters. The van der Waals surface area contributed by atoms with E-state index in [1.54, 1.807) is 19.2 Å². The molecule has 0 aliphatic heterocycles. The van der Waals surface area contributed by atoms with Crippen molar-refractivity contribution in [2.45, 2.75) is 32.2 Å². The van der Waals surface area contributed by atoms with Crippen LogP contribution in [0.4, 0.5) is 10.2 Å². The molecule has 1 heterocycles. The van der Waals surface area contributed by atoms with Crippen molar-refractivity contribution in [3.63, 3.8) is 0 Å². The fourth-order valence-electron chi connectivity index (χ4n) is 2.91. The Balaban J connectivity index is 0.00000512. The van der Waals surface area contributed by atoms with E-state index in [9.17, 15) is 18.1 Å². The van der Waals surface area contributed by atoms with Crippen LogP contribution in [0.3, 0.4) is 0 Å². The monoisotopic (exact) mass is 577 g/mol. The van der Waals surface area contributed by atoms with Crippen LogP contribution in [0, 0.1) is 17.1 Å². The van der Waals surface area contributed by atoms with Crippen molar-refractivity contribution in [1.29, 1.82) is 5.26 Å². The average Bonchev–Trinajstić information content (AvgIpc) is 3.04. The number of nitrogens with two attached hydrogens (primary N) is 1. The van der Waals surface area contributed by atoms with Gasteiger partial charge in [-0.15, -0.1) is 24.0 Å². The van der Waals surface area contributed by atoms with E-state index in [2.05, 4.69) is 26.8 Å². The quantitative estimate of drug-likeness (QED) is 0.179. The first-order valence-electron chi connectivity index (χ1n) is 9.83. The molecule has 0 amide bonds. The molecule has 0 saturated carbocycles. The number of aromatic nitrogens is 2. The first-order valence-corrected chi connectivity index (χ1v) is 11.9. The zero-order chi connectivity index (χ0) is 23.0. The molecule has 2 rings (SSSR count). The van der Waals surface area contributed by atoms with Gasteiger partial charge in [0.1, 0.15) is 33.1 Å². The van der Waals surface area contributed by atoms with Gasteiger partial charge in [0.2, 0.25) is 0 Å². The Labute approximate surface area is 205 Å². The molecular weight excluding hydrogens is 548 g/mol. The molecule has 0 aliphatic rings. The Hall–Kier alpha value is -2.40. The first-order chi connectivity index (χ1) is 14.6. The summed E-state index contributed by atoms with van der Waals surface area (Å²) in [4.78, 5) is 4.14. The molecule has 32 heavy (non-hydrogen) atoms. The Kier molecular flexibility index (Phi) is 10.9. The maximum atomic E-state index is 13.2. The van der Waals surface area contributed by atoms with Crippen LogP contribution >= 0.6 is 24.0 Å².